The molecule has 42 heavy (non-hydrogen) atoms. The van der Waals surface area contributed by atoms with Crippen LogP contribution in [0.1, 0.15) is 22.5 Å². The quantitative estimate of drug-likeness (QED) is 0.197. The molecular formula is C39H22N2O. The molecule has 0 bridgehead atoms. The van der Waals surface area contributed by atoms with E-state index in [0.717, 1.165) is 44.3 Å². The van der Waals surface area contributed by atoms with Gasteiger partial charge in [-0.1, -0.05) is 97.1 Å². The van der Waals surface area contributed by atoms with Gasteiger partial charge in [-0.2, -0.15) is 0 Å². The standard InChI is InChI=1S/C39H22N2O/c1-4-10-31-26(7-1)29-21-25(34-18-16-24-14-13-23-19-20-40-22-30(23)37(24)41-34)15-17-33(29)39(31)32-11-5-2-8-27(32)36-28-9-3-6-12-35(28)42-38(36)39/h1-22H. The van der Waals surface area contributed by atoms with Gasteiger partial charge in [0.2, 0.25) is 0 Å². The number of hydrogen-bond donors (Lipinski definition) is 0. The lowest BCUT2D eigenvalue weighted by Gasteiger charge is -2.28. The highest BCUT2D eigenvalue weighted by atomic mass is 16.3. The molecule has 1 atom stereocenters. The fourth-order valence-corrected chi connectivity index (χ4v) is 7.61. The van der Waals surface area contributed by atoms with Crippen LogP contribution in [0.25, 0.3) is 66.2 Å². The van der Waals surface area contributed by atoms with Crippen LogP contribution >= 0.6 is 0 Å². The Kier molecular flexibility index (Phi) is 4.12. The van der Waals surface area contributed by atoms with Crippen molar-refractivity contribution < 1.29 is 4.42 Å². The summed E-state index contributed by atoms with van der Waals surface area (Å²) in [5, 5.41) is 4.50. The van der Waals surface area contributed by atoms with E-state index >= 15 is 0 Å². The smallest absolute Gasteiger partial charge is 0.135 e. The van der Waals surface area contributed by atoms with E-state index in [1.54, 1.807) is 0 Å². The molecule has 3 nitrogen and oxygen atoms in total. The second kappa shape index (κ2) is 7.80. The topological polar surface area (TPSA) is 38.9 Å². The largest absolute Gasteiger partial charge is 0.459 e. The van der Waals surface area contributed by atoms with Gasteiger partial charge in [0.15, 0.2) is 0 Å². The number of aromatic nitrogens is 2. The zero-order valence-corrected chi connectivity index (χ0v) is 22.5. The van der Waals surface area contributed by atoms with Gasteiger partial charge >= 0.3 is 0 Å². The predicted octanol–water partition coefficient (Wildman–Crippen LogP) is 9.54. The number of hydrogen-bond acceptors (Lipinski definition) is 3. The minimum Gasteiger partial charge on any atom is -0.459 e. The summed E-state index contributed by atoms with van der Waals surface area (Å²) in [4.78, 5) is 9.57. The number of para-hydroxylation sites is 1. The molecule has 1 spiro atoms. The van der Waals surface area contributed by atoms with E-state index in [0.29, 0.717) is 0 Å². The minimum absolute atomic E-state index is 0.506. The fourth-order valence-electron chi connectivity index (χ4n) is 7.61. The summed E-state index contributed by atoms with van der Waals surface area (Å²) < 4.78 is 6.83. The minimum atomic E-state index is -0.506. The normalized spacial score (nSPS) is 16.2. The monoisotopic (exact) mass is 534 g/mol. The van der Waals surface area contributed by atoms with Crippen LogP contribution in [0.5, 0.6) is 0 Å². The van der Waals surface area contributed by atoms with Crippen LogP contribution in [0.2, 0.25) is 0 Å². The molecule has 5 aromatic carbocycles. The van der Waals surface area contributed by atoms with Crippen molar-refractivity contribution in [3.8, 4) is 33.5 Å². The molecule has 3 aromatic heterocycles. The number of furan rings is 1. The molecule has 0 aliphatic heterocycles. The molecule has 3 heterocycles. The predicted molar refractivity (Wildman–Crippen MR) is 169 cm³/mol. The van der Waals surface area contributed by atoms with Crippen molar-refractivity contribution in [1.29, 1.82) is 0 Å². The fraction of sp³-hybridized carbons (Fsp3) is 0.0256. The lowest BCUT2D eigenvalue weighted by atomic mass is 9.73. The molecule has 0 N–H and O–H groups in total. The number of benzene rings is 5. The van der Waals surface area contributed by atoms with Crippen LogP contribution in [0.15, 0.2) is 138 Å². The Labute approximate surface area is 241 Å². The maximum atomic E-state index is 6.83. The first-order valence-corrected chi connectivity index (χ1v) is 14.3. The van der Waals surface area contributed by atoms with Crippen molar-refractivity contribution in [1.82, 2.24) is 9.97 Å². The lowest BCUT2D eigenvalue weighted by molar-refractivity contribution is 0.507. The van der Waals surface area contributed by atoms with E-state index in [4.69, 9.17) is 9.40 Å². The van der Waals surface area contributed by atoms with Gasteiger partial charge in [0, 0.05) is 39.7 Å². The molecule has 3 heteroatoms. The van der Waals surface area contributed by atoms with Gasteiger partial charge in [0.05, 0.1) is 11.2 Å². The summed E-state index contributed by atoms with van der Waals surface area (Å²) in [5.74, 6) is 1.02. The highest BCUT2D eigenvalue weighted by Crippen LogP contribution is 2.64. The molecule has 0 saturated heterocycles. The van der Waals surface area contributed by atoms with Crippen LogP contribution in [0.3, 0.4) is 0 Å². The number of nitrogens with zero attached hydrogens (tertiary/aromatic N) is 2. The van der Waals surface area contributed by atoms with E-state index in [2.05, 4.69) is 120 Å². The highest BCUT2D eigenvalue weighted by Gasteiger charge is 2.54. The van der Waals surface area contributed by atoms with Crippen LogP contribution in [0, 0.1) is 0 Å². The van der Waals surface area contributed by atoms with E-state index in [1.165, 1.54) is 44.3 Å². The van der Waals surface area contributed by atoms with E-state index in [1.807, 2.05) is 18.5 Å². The summed E-state index contributed by atoms with van der Waals surface area (Å²) in [6.07, 6.45) is 3.75. The summed E-state index contributed by atoms with van der Waals surface area (Å²) in [6.45, 7) is 0. The van der Waals surface area contributed by atoms with Crippen LogP contribution < -0.4 is 0 Å². The van der Waals surface area contributed by atoms with Gasteiger partial charge in [0.25, 0.3) is 0 Å². The van der Waals surface area contributed by atoms with Crippen molar-refractivity contribution >= 4 is 32.6 Å². The Hall–Kier alpha value is -5.54. The third-order valence-electron chi connectivity index (χ3n) is 9.36. The molecule has 0 saturated carbocycles. The van der Waals surface area contributed by atoms with Crippen molar-refractivity contribution in [2.24, 2.45) is 0 Å². The summed E-state index contributed by atoms with van der Waals surface area (Å²) in [6, 6.07) is 43.5. The maximum absolute atomic E-state index is 6.83. The van der Waals surface area contributed by atoms with Crippen molar-refractivity contribution in [3.05, 3.63) is 156 Å². The zero-order valence-electron chi connectivity index (χ0n) is 22.5. The SMILES string of the molecule is c1ccc2c(c1)-c1cc(-c3ccc4ccc5ccncc5c4n3)ccc1C21c2ccccc2-c2c1oc1ccccc21. The Morgan fingerprint density at radius 2 is 1.31 bits per heavy atom. The average molecular weight is 535 g/mol. The van der Waals surface area contributed by atoms with E-state index < -0.39 is 5.41 Å². The van der Waals surface area contributed by atoms with E-state index in [-0.39, 0.29) is 0 Å². The van der Waals surface area contributed by atoms with Crippen LogP contribution in [-0.4, -0.2) is 9.97 Å². The molecule has 194 valence electrons. The Balaban J connectivity index is 1.26. The maximum Gasteiger partial charge on any atom is 0.135 e. The molecule has 0 amide bonds. The first-order chi connectivity index (χ1) is 20.8. The third kappa shape index (κ3) is 2.62. The lowest BCUT2D eigenvalue weighted by Crippen LogP contribution is -2.25. The average Bonchev–Trinajstić information content (AvgIpc) is 3.68. The molecule has 1 unspecified atom stereocenters. The van der Waals surface area contributed by atoms with Gasteiger partial charge < -0.3 is 4.42 Å². The highest BCUT2D eigenvalue weighted by molar-refractivity contribution is 6.06. The second-order valence-electron chi connectivity index (χ2n) is 11.3. The van der Waals surface area contributed by atoms with Crippen LogP contribution in [0.4, 0.5) is 0 Å². The van der Waals surface area contributed by atoms with E-state index in [9.17, 15) is 0 Å². The Bertz CT molecular complexity index is 2430. The second-order valence-corrected chi connectivity index (χ2v) is 11.3. The molecule has 2 aliphatic rings. The van der Waals surface area contributed by atoms with Crippen molar-refractivity contribution in [3.63, 3.8) is 0 Å². The first-order valence-electron chi connectivity index (χ1n) is 14.3. The molecule has 8 aromatic rings. The molecule has 10 rings (SSSR count). The van der Waals surface area contributed by atoms with Crippen molar-refractivity contribution in [2.45, 2.75) is 5.41 Å². The Morgan fingerprint density at radius 1 is 0.571 bits per heavy atom. The summed E-state index contributed by atoms with van der Waals surface area (Å²) in [7, 11) is 0. The van der Waals surface area contributed by atoms with Crippen LogP contribution in [-0.2, 0) is 5.41 Å². The van der Waals surface area contributed by atoms with Gasteiger partial charge in [-0.05, 0) is 63.0 Å². The molecule has 0 radical (unpaired) electrons. The Morgan fingerprint density at radius 3 is 2.24 bits per heavy atom. The summed E-state index contributed by atoms with van der Waals surface area (Å²) in [5.41, 5.74) is 12.2. The van der Waals surface area contributed by atoms with Gasteiger partial charge in [-0.3, -0.25) is 4.98 Å². The molecule has 2 aliphatic carbocycles. The molecule has 0 fully saturated rings. The summed E-state index contributed by atoms with van der Waals surface area (Å²) >= 11 is 0. The number of fused-ring (bicyclic) bond motifs is 15. The third-order valence-corrected chi connectivity index (χ3v) is 9.36. The van der Waals surface area contributed by atoms with Gasteiger partial charge in [-0.25, -0.2) is 4.98 Å². The number of rotatable bonds is 1. The van der Waals surface area contributed by atoms with Gasteiger partial charge in [-0.15, -0.1) is 0 Å². The van der Waals surface area contributed by atoms with Crippen molar-refractivity contribution in [2.75, 3.05) is 0 Å². The number of pyridine rings is 2. The molecular weight excluding hydrogens is 512 g/mol. The first kappa shape index (κ1) is 22.2. The zero-order chi connectivity index (χ0) is 27.4. The van der Waals surface area contributed by atoms with Gasteiger partial charge in [0.1, 0.15) is 16.8 Å².